The third-order valence-corrected chi connectivity index (χ3v) is 2.55. The Kier molecular flexibility index (Phi) is 12.8. The first-order valence-electron chi connectivity index (χ1n) is 6.95. The van der Waals surface area contributed by atoms with Gasteiger partial charge < -0.3 is 5.11 Å². The van der Waals surface area contributed by atoms with Gasteiger partial charge in [0.25, 0.3) is 0 Å². The Labute approximate surface area is 111 Å². The standard InChI is InChI=1S/C16H26O2/c1-2-3-4-5-6-7-8-9-10-11-12-13-14-15-16(17)18/h3-6,9-10H,2,7-8,11-15H2,1H3,(H,17,18)/b4-3+,6-5-,10-9-. The van der Waals surface area contributed by atoms with Gasteiger partial charge in [0.2, 0.25) is 0 Å². The van der Waals surface area contributed by atoms with Gasteiger partial charge in [0.15, 0.2) is 0 Å². The van der Waals surface area contributed by atoms with Gasteiger partial charge in [-0.15, -0.1) is 0 Å². The van der Waals surface area contributed by atoms with Gasteiger partial charge in [0, 0.05) is 6.42 Å². The number of hydrogen-bond donors (Lipinski definition) is 1. The lowest BCUT2D eigenvalue weighted by Gasteiger charge is -1.95. The van der Waals surface area contributed by atoms with E-state index in [1.54, 1.807) is 0 Å². The highest BCUT2D eigenvalue weighted by atomic mass is 16.4. The third kappa shape index (κ3) is 14.7. The largest absolute Gasteiger partial charge is 0.481 e. The first kappa shape index (κ1) is 16.7. The number of carboxylic acid groups (broad SMARTS) is 1. The smallest absolute Gasteiger partial charge is 0.303 e. The SMILES string of the molecule is CC/C=C/C=C\CC/C=C\CCCCCC(=O)O. The van der Waals surface area contributed by atoms with Crippen LogP contribution < -0.4 is 0 Å². The summed E-state index contributed by atoms with van der Waals surface area (Å²) in [6.45, 7) is 2.13. The zero-order valence-electron chi connectivity index (χ0n) is 11.5. The summed E-state index contributed by atoms with van der Waals surface area (Å²) >= 11 is 0. The molecule has 0 radical (unpaired) electrons. The van der Waals surface area contributed by atoms with Crippen molar-refractivity contribution in [2.24, 2.45) is 0 Å². The molecule has 0 aliphatic rings. The summed E-state index contributed by atoms with van der Waals surface area (Å²) in [4.78, 5) is 10.3. The van der Waals surface area contributed by atoms with Crippen LogP contribution in [0.1, 0.15) is 58.3 Å². The number of hydrogen-bond acceptors (Lipinski definition) is 1. The summed E-state index contributed by atoms with van der Waals surface area (Å²) in [5.74, 6) is -0.686. The molecular weight excluding hydrogens is 224 g/mol. The molecule has 0 atom stereocenters. The Hall–Kier alpha value is -1.31. The normalized spacial score (nSPS) is 12.1. The van der Waals surface area contributed by atoms with E-state index in [9.17, 15) is 4.79 Å². The lowest BCUT2D eigenvalue weighted by Crippen LogP contribution is -1.93. The molecule has 0 aromatic rings. The summed E-state index contributed by atoms with van der Waals surface area (Å²) in [5, 5.41) is 8.47. The van der Waals surface area contributed by atoms with Gasteiger partial charge >= 0.3 is 5.97 Å². The lowest BCUT2D eigenvalue weighted by molar-refractivity contribution is -0.137. The molecule has 2 nitrogen and oxygen atoms in total. The van der Waals surface area contributed by atoms with Crippen LogP contribution >= 0.6 is 0 Å². The molecule has 0 amide bonds. The second kappa shape index (κ2) is 13.8. The lowest BCUT2D eigenvalue weighted by atomic mass is 10.1. The fourth-order valence-electron chi connectivity index (χ4n) is 1.53. The van der Waals surface area contributed by atoms with Gasteiger partial charge in [-0.2, -0.15) is 0 Å². The van der Waals surface area contributed by atoms with E-state index in [2.05, 4.69) is 43.4 Å². The van der Waals surface area contributed by atoms with E-state index < -0.39 is 5.97 Å². The van der Waals surface area contributed by atoms with Crippen LogP contribution in [0.4, 0.5) is 0 Å². The number of unbranched alkanes of at least 4 members (excludes halogenated alkanes) is 4. The summed E-state index contributed by atoms with van der Waals surface area (Å²) in [6.07, 6.45) is 20.5. The Balaban J connectivity index is 3.26. The number of carbonyl (C=O) groups is 1. The molecule has 0 saturated carbocycles. The summed E-state index contributed by atoms with van der Waals surface area (Å²) in [5.41, 5.74) is 0. The molecule has 0 fully saturated rings. The van der Waals surface area contributed by atoms with E-state index in [-0.39, 0.29) is 0 Å². The molecule has 0 aliphatic heterocycles. The maximum atomic E-state index is 10.3. The zero-order valence-corrected chi connectivity index (χ0v) is 11.5. The average molecular weight is 250 g/mol. The van der Waals surface area contributed by atoms with Crippen LogP contribution in [0.15, 0.2) is 36.5 Å². The molecule has 0 rings (SSSR count). The predicted octanol–water partition coefficient (Wildman–Crippen LogP) is 4.88. The fourth-order valence-corrected chi connectivity index (χ4v) is 1.53. The summed E-state index contributed by atoms with van der Waals surface area (Å²) in [7, 11) is 0. The van der Waals surface area contributed by atoms with Crippen molar-refractivity contribution in [1.29, 1.82) is 0 Å². The molecule has 0 bridgehead atoms. The maximum absolute atomic E-state index is 10.3. The first-order valence-corrected chi connectivity index (χ1v) is 6.95. The van der Waals surface area contributed by atoms with Crippen LogP contribution in [0.3, 0.4) is 0 Å². The number of rotatable bonds is 11. The Morgan fingerprint density at radius 3 is 2.28 bits per heavy atom. The van der Waals surface area contributed by atoms with E-state index in [1.165, 1.54) is 0 Å². The van der Waals surface area contributed by atoms with Gasteiger partial charge in [-0.05, 0) is 38.5 Å². The first-order chi connectivity index (χ1) is 8.77. The van der Waals surface area contributed by atoms with Crippen LogP contribution in [0.5, 0.6) is 0 Å². The molecule has 1 N–H and O–H groups in total. The van der Waals surface area contributed by atoms with E-state index in [0.29, 0.717) is 6.42 Å². The third-order valence-electron chi connectivity index (χ3n) is 2.55. The minimum Gasteiger partial charge on any atom is -0.481 e. The maximum Gasteiger partial charge on any atom is 0.303 e. The van der Waals surface area contributed by atoms with E-state index in [0.717, 1.165) is 44.9 Å². The molecule has 0 unspecified atom stereocenters. The predicted molar refractivity (Wildman–Crippen MR) is 77.7 cm³/mol. The van der Waals surface area contributed by atoms with Crippen molar-refractivity contribution in [3.8, 4) is 0 Å². The quantitative estimate of drug-likeness (QED) is 0.322. The Bertz CT molecular complexity index is 275. The highest BCUT2D eigenvalue weighted by molar-refractivity contribution is 5.66. The number of allylic oxidation sites excluding steroid dienone is 6. The Morgan fingerprint density at radius 2 is 1.56 bits per heavy atom. The molecular formula is C16H26O2. The van der Waals surface area contributed by atoms with E-state index in [1.807, 2.05) is 0 Å². The van der Waals surface area contributed by atoms with Crippen LogP contribution in [0.2, 0.25) is 0 Å². The second-order valence-electron chi connectivity index (χ2n) is 4.31. The van der Waals surface area contributed by atoms with Crippen LogP contribution in [0.25, 0.3) is 0 Å². The molecule has 18 heavy (non-hydrogen) atoms. The van der Waals surface area contributed by atoms with Crippen LogP contribution in [-0.2, 0) is 4.79 Å². The van der Waals surface area contributed by atoms with E-state index in [4.69, 9.17) is 5.11 Å². The molecule has 0 saturated heterocycles. The minimum absolute atomic E-state index is 0.305. The molecule has 102 valence electrons. The number of aliphatic carboxylic acids is 1. The monoisotopic (exact) mass is 250 g/mol. The highest BCUT2D eigenvalue weighted by Crippen LogP contribution is 2.04. The van der Waals surface area contributed by atoms with Crippen LogP contribution in [-0.4, -0.2) is 11.1 Å². The van der Waals surface area contributed by atoms with Crippen molar-refractivity contribution in [3.63, 3.8) is 0 Å². The summed E-state index contributed by atoms with van der Waals surface area (Å²) < 4.78 is 0. The second-order valence-corrected chi connectivity index (χ2v) is 4.31. The highest BCUT2D eigenvalue weighted by Gasteiger charge is 1.94. The minimum atomic E-state index is -0.686. The van der Waals surface area contributed by atoms with Crippen molar-refractivity contribution < 1.29 is 9.90 Å². The fraction of sp³-hybridized carbons (Fsp3) is 0.562. The molecule has 0 spiro atoms. The molecule has 0 aromatic heterocycles. The zero-order chi connectivity index (χ0) is 13.5. The Morgan fingerprint density at radius 1 is 0.889 bits per heavy atom. The number of carboxylic acids is 1. The van der Waals surface area contributed by atoms with Crippen molar-refractivity contribution in [2.75, 3.05) is 0 Å². The van der Waals surface area contributed by atoms with Crippen molar-refractivity contribution in [3.05, 3.63) is 36.5 Å². The van der Waals surface area contributed by atoms with Crippen molar-refractivity contribution in [2.45, 2.75) is 58.3 Å². The molecule has 0 aliphatic carbocycles. The molecule has 0 aromatic carbocycles. The molecule has 0 heterocycles. The van der Waals surface area contributed by atoms with Crippen molar-refractivity contribution in [1.82, 2.24) is 0 Å². The summed E-state index contributed by atoms with van der Waals surface area (Å²) in [6, 6.07) is 0. The van der Waals surface area contributed by atoms with Crippen LogP contribution in [0, 0.1) is 0 Å². The molecule has 2 heteroatoms. The topological polar surface area (TPSA) is 37.3 Å². The average Bonchev–Trinajstić information content (AvgIpc) is 2.34. The van der Waals surface area contributed by atoms with Gasteiger partial charge in [-0.25, -0.2) is 0 Å². The van der Waals surface area contributed by atoms with Gasteiger partial charge in [0.05, 0.1) is 0 Å². The van der Waals surface area contributed by atoms with Crippen molar-refractivity contribution >= 4 is 5.97 Å². The van der Waals surface area contributed by atoms with Gasteiger partial charge in [-0.1, -0.05) is 49.8 Å². The van der Waals surface area contributed by atoms with Gasteiger partial charge in [-0.3, -0.25) is 4.79 Å². The van der Waals surface area contributed by atoms with Gasteiger partial charge in [0.1, 0.15) is 0 Å². The van der Waals surface area contributed by atoms with E-state index >= 15 is 0 Å².